The molecule has 164 valence electrons. The van der Waals surface area contributed by atoms with Gasteiger partial charge in [-0.2, -0.15) is 0 Å². The molecule has 3 aromatic rings. The Balaban J connectivity index is 1.50. The van der Waals surface area contributed by atoms with E-state index in [4.69, 9.17) is 12.2 Å². The second kappa shape index (κ2) is 10.8. The lowest BCUT2D eigenvalue weighted by molar-refractivity contribution is 0.125. The summed E-state index contributed by atoms with van der Waals surface area (Å²) in [5.74, 6) is 0.389. The van der Waals surface area contributed by atoms with Crippen molar-refractivity contribution in [3.63, 3.8) is 0 Å². The van der Waals surface area contributed by atoms with Crippen LogP contribution >= 0.6 is 32.9 Å². The van der Waals surface area contributed by atoms with Crippen LogP contribution in [0.15, 0.2) is 48.5 Å². The first kappa shape index (κ1) is 22.6. The topological polar surface area (TPSA) is 26.7 Å². The van der Waals surface area contributed by atoms with Gasteiger partial charge in [-0.15, -0.1) is 0 Å². The second-order valence-electron chi connectivity index (χ2n) is 8.24. The van der Waals surface area contributed by atoms with Crippen LogP contribution in [0.3, 0.4) is 0 Å². The summed E-state index contributed by atoms with van der Waals surface area (Å²) < 4.78 is 0.974. The van der Waals surface area contributed by atoms with Gasteiger partial charge in [-0.3, -0.25) is 4.90 Å². The van der Waals surface area contributed by atoms with Crippen LogP contribution in [0.4, 0.5) is 0 Å². The summed E-state index contributed by atoms with van der Waals surface area (Å²) >= 11 is 5.67. The van der Waals surface area contributed by atoms with E-state index in [-0.39, 0.29) is 0 Å². The molecule has 0 radical (unpaired) electrons. The first-order valence-corrected chi connectivity index (χ1v) is 13.6. The van der Waals surface area contributed by atoms with Gasteiger partial charge in [0.25, 0.3) is 0 Å². The fourth-order valence-electron chi connectivity index (χ4n) is 4.09. The highest BCUT2D eigenvalue weighted by molar-refractivity contribution is 7.80. The maximum absolute atomic E-state index is 10.5. The lowest BCUT2D eigenvalue weighted by Crippen LogP contribution is -2.46. The number of phenolic OH excluding ortho intramolecular Hbond substituents is 1. The van der Waals surface area contributed by atoms with E-state index < -0.39 is 0 Å². The minimum Gasteiger partial charge on any atom is -0.508 e. The summed E-state index contributed by atoms with van der Waals surface area (Å²) in [6.45, 7) is 8.61. The molecule has 1 aliphatic heterocycles. The van der Waals surface area contributed by atoms with Gasteiger partial charge < -0.3 is 10.0 Å². The molecule has 1 aliphatic rings. The molecule has 2 aromatic carbocycles. The Morgan fingerprint density at radius 3 is 2.45 bits per heavy atom. The Hall–Kier alpha value is -1.57. The van der Waals surface area contributed by atoms with Gasteiger partial charge in [0.1, 0.15) is 9.57 Å². The maximum Gasteiger partial charge on any atom is 0.120 e. The highest BCUT2D eigenvalue weighted by Gasteiger charge is 2.19. The molecule has 3 nitrogen and oxygen atoms in total. The molecule has 0 amide bonds. The number of unbranched alkanes of at least 4 members (excludes halogenated alkanes) is 1. The molecule has 0 atom stereocenters. The van der Waals surface area contributed by atoms with Gasteiger partial charge in [-0.05, 0) is 42.3 Å². The van der Waals surface area contributed by atoms with Crippen LogP contribution in [0, 0.1) is 3.82 Å². The molecule has 1 N–H and O–H groups in total. The van der Waals surface area contributed by atoms with Gasteiger partial charge in [0.05, 0.1) is 4.88 Å². The fourth-order valence-corrected chi connectivity index (χ4v) is 7.01. The van der Waals surface area contributed by atoms with E-state index in [1.54, 1.807) is 20.7 Å². The third-order valence-electron chi connectivity index (χ3n) is 5.97. The van der Waals surface area contributed by atoms with Crippen molar-refractivity contribution in [2.75, 3.05) is 32.7 Å². The van der Waals surface area contributed by atoms with Crippen molar-refractivity contribution in [2.45, 2.75) is 32.7 Å². The van der Waals surface area contributed by atoms with E-state index in [0.29, 0.717) is 5.75 Å². The van der Waals surface area contributed by atoms with Crippen LogP contribution in [0.2, 0.25) is 0 Å². The minimum atomic E-state index is 0.389. The SMILES string of the molecule is CCCCN1CCN(Cc2cc(-c3ssc(=S)c3Cc3ccccc3)ccc2O)CC1. The fraction of sp³-hybridized carbons (Fsp3) is 0.400. The van der Waals surface area contributed by atoms with Crippen LogP contribution in [-0.2, 0) is 13.0 Å². The third-order valence-corrected chi connectivity index (χ3v) is 9.17. The van der Waals surface area contributed by atoms with Crippen molar-refractivity contribution in [2.24, 2.45) is 0 Å². The van der Waals surface area contributed by atoms with Crippen LogP contribution < -0.4 is 0 Å². The standard InChI is InChI=1S/C25H30N2OS3/c1-2-3-11-26-12-14-27(15-13-26)18-21-17-20(9-10-23(21)28)24-22(25(29)31-30-24)16-19-7-5-4-6-8-19/h4-10,17,28H,2-3,11-16,18H2,1H3. The van der Waals surface area contributed by atoms with Gasteiger partial charge in [-0.25, -0.2) is 0 Å². The molecule has 1 saturated heterocycles. The van der Waals surface area contributed by atoms with Crippen molar-refractivity contribution < 1.29 is 5.11 Å². The van der Waals surface area contributed by atoms with Gasteiger partial charge in [0, 0.05) is 50.3 Å². The van der Waals surface area contributed by atoms with Gasteiger partial charge >= 0.3 is 0 Å². The Labute approximate surface area is 198 Å². The number of benzene rings is 2. The summed E-state index contributed by atoms with van der Waals surface area (Å²) in [5, 5.41) is 10.5. The second-order valence-corrected chi connectivity index (χ2v) is 11.1. The maximum atomic E-state index is 10.5. The lowest BCUT2D eigenvalue weighted by Gasteiger charge is -2.34. The normalized spacial score (nSPS) is 15.4. The predicted octanol–water partition coefficient (Wildman–Crippen LogP) is 6.42. The molecule has 0 aliphatic carbocycles. The summed E-state index contributed by atoms with van der Waals surface area (Å²) in [6.07, 6.45) is 3.38. The number of rotatable bonds is 8. The molecular formula is C25H30N2OS3. The Bertz CT molecular complexity index is 1040. The first-order chi connectivity index (χ1) is 15.1. The van der Waals surface area contributed by atoms with Crippen LogP contribution in [0.1, 0.15) is 36.5 Å². The van der Waals surface area contributed by atoms with Gasteiger partial charge in [0.2, 0.25) is 0 Å². The van der Waals surface area contributed by atoms with Gasteiger partial charge in [0.15, 0.2) is 0 Å². The van der Waals surface area contributed by atoms with E-state index in [2.05, 4.69) is 47.1 Å². The Morgan fingerprint density at radius 1 is 0.968 bits per heavy atom. The highest BCUT2D eigenvalue weighted by atomic mass is 32.9. The Morgan fingerprint density at radius 2 is 1.71 bits per heavy atom. The molecule has 1 aromatic heterocycles. The zero-order valence-electron chi connectivity index (χ0n) is 18.0. The third kappa shape index (κ3) is 5.82. The smallest absolute Gasteiger partial charge is 0.120 e. The van der Waals surface area contributed by atoms with Crippen molar-refractivity contribution in [3.05, 3.63) is 69.0 Å². The number of aromatic hydroxyl groups is 1. The van der Waals surface area contributed by atoms with E-state index >= 15 is 0 Å². The molecule has 0 bridgehead atoms. The van der Waals surface area contributed by atoms with E-state index in [1.165, 1.54) is 35.4 Å². The monoisotopic (exact) mass is 470 g/mol. The van der Waals surface area contributed by atoms with Crippen LogP contribution in [0.25, 0.3) is 10.4 Å². The van der Waals surface area contributed by atoms with E-state index in [1.807, 2.05) is 18.2 Å². The summed E-state index contributed by atoms with van der Waals surface area (Å²) in [4.78, 5) is 6.26. The number of hydrogen-bond acceptors (Lipinski definition) is 6. The summed E-state index contributed by atoms with van der Waals surface area (Å²) in [5.41, 5.74) is 4.69. The van der Waals surface area contributed by atoms with E-state index in [9.17, 15) is 5.11 Å². The number of nitrogens with zero attached hydrogens (tertiary/aromatic N) is 2. The van der Waals surface area contributed by atoms with Crippen molar-refractivity contribution >= 4 is 32.9 Å². The van der Waals surface area contributed by atoms with E-state index in [0.717, 1.165) is 54.1 Å². The Kier molecular flexibility index (Phi) is 7.91. The molecule has 31 heavy (non-hydrogen) atoms. The largest absolute Gasteiger partial charge is 0.508 e. The van der Waals surface area contributed by atoms with Crippen molar-refractivity contribution in [1.29, 1.82) is 0 Å². The summed E-state index contributed by atoms with van der Waals surface area (Å²) in [7, 11) is 3.43. The lowest BCUT2D eigenvalue weighted by atomic mass is 10.0. The zero-order chi connectivity index (χ0) is 21.6. The van der Waals surface area contributed by atoms with Crippen molar-refractivity contribution in [3.8, 4) is 16.2 Å². The van der Waals surface area contributed by atoms with Gasteiger partial charge in [-0.1, -0.05) is 76.6 Å². The van der Waals surface area contributed by atoms with Crippen molar-refractivity contribution in [1.82, 2.24) is 9.80 Å². The molecule has 2 heterocycles. The number of hydrogen-bond donors (Lipinski definition) is 1. The predicted molar refractivity (Wildman–Crippen MR) is 136 cm³/mol. The molecule has 0 unspecified atom stereocenters. The quantitative estimate of drug-likeness (QED) is 0.303. The molecule has 6 heteroatoms. The van der Waals surface area contributed by atoms with Crippen LogP contribution in [-0.4, -0.2) is 47.6 Å². The van der Waals surface area contributed by atoms with Crippen LogP contribution in [0.5, 0.6) is 5.75 Å². The number of piperazine rings is 1. The molecule has 1 fully saturated rings. The highest BCUT2D eigenvalue weighted by Crippen LogP contribution is 2.38. The molecular weight excluding hydrogens is 440 g/mol. The summed E-state index contributed by atoms with van der Waals surface area (Å²) in [6, 6.07) is 16.6. The number of phenols is 1. The molecule has 0 spiro atoms. The average Bonchev–Trinajstić information content (AvgIpc) is 3.15. The molecule has 0 saturated carbocycles. The molecule has 4 rings (SSSR count). The first-order valence-electron chi connectivity index (χ1n) is 11.1. The zero-order valence-corrected chi connectivity index (χ0v) is 20.5. The average molecular weight is 471 g/mol. The minimum absolute atomic E-state index is 0.389.